The molecule has 0 saturated heterocycles. The van der Waals surface area contributed by atoms with E-state index < -0.39 is 4.92 Å². The fourth-order valence-electron chi connectivity index (χ4n) is 1.40. The van der Waals surface area contributed by atoms with Crippen LogP contribution in [0.3, 0.4) is 0 Å². The molecule has 0 unspecified atom stereocenters. The Morgan fingerprint density at radius 2 is 2.17 bits per heavy atom. The molecule has 94 valence electrons. The molecule has 1 aromatic carbocycles. The van der Waals surface area contributed by atoms with Crippen LogP contribution in [-0.4, -0.2) is 21.7 Å². The van der Waals surface area contributed by atoms with Crippen LogP contribution in [0.25, 0.3) is 11.5 Å². The van der Waals surface area contributed by atoms with Gasteiger partial charge in [0.05, 0.1) is 4.92 Å². The smallest absolute Gasteiger partial charge is 0.271 e. The molecular weight excluding hydrogens is 304 g/mol. The molecule has 0 aliphatic rings. The normalized spacial score (nSPS) is 10.6. The monoisotopic (exact) mass is 312 g/mol. The maximum Gasteiger partial charge on any atom is 0.271 e. The highest BCUT2D eigenvalue weighted by molar-refractivity contribution is 9.10. The number of halogens is 1. The van der Waals surface area contributed by atoms with Gasteiger partial charge in [0.1, 0.15) is 0 Å². The van der Waals surface area contributed by atoms with Gasteiger partial charge in [0, 0.05) is 35.1 Å². The molecule has 7 nitrogen and oxygen atoms in total. The Labute approximate surface area is 110 Å². The third-order valence-corrected chi connectivity index (χ3v) is 2.62. The quantitative estimate of drug-likeness (QED) is 0.682. The van der Waals surface area contributed by atoms with E-state index in [2.05, 4.69) is 26.1 Å². The van der Waals surface area contributed by atoms with Crippen molar-refractivity contribution in [2.45, 2.75) is 6.42 Å². The van der Waals surface area contributed by atoms with Gasteiger partial charge in [-0.25, -0.2) is 0 Å². The molecule has 1 heterocycles. The van der Waals surface area contributed by atoms with Crippen molar-refractivity contribution in [3.05, 3.63) is 38.7 Å². The van der Waals surface area contributed by atoms with Gasteiger partial charge in [-0.2, -0.15) is 0 Å². The Balaban J connectivity index is 2.39. The fourth-order valence-corrected chi connectivity index (χ4v) is 1.88. The molecule has 0 aliphatic carbocycles. The van der Waals surface area contributed by atoms with E-state index in [1.165, 1.54) is 12.1 Å². The van der Waals surface area contributed by atoms with Crippen molar-refractivity contribution in [1.82, 2.24) is 10.2 Å². The number of benzene rings is 1. The molecule has 0 amide bonds. The zero-order valence-corrected chi connectivity index (χ0v) is 10.8. The van der Waals surface area contributed by atoms with E-state index in [0.717, 1.165) is 0 Å². The summed E-state index contributed by atoms with van der Waals surface area (Å²) in [6, 6.07) is 4.46. The Morgan fingerprint density at radius 1 is 1.39 bits per heavy atom. The van der Waals surface area contributed by atoms with E-state index in [1.54, 1.807) is 6.07 Å². The first kappa shape index (κ1) is 12.7. The van der Waals surface area contributed by atoms with Crippen LogP contribution in [0.2, 0.25) is 0 Å². The van der Waals surface area contributed by atoms with Gasteiger partial charge in [0.15, 0.2) is 0 Å². The Kier molecular flexibility index (Phi) is 3.68. The third-order valence-electron chi connectivity index (χ3n) is 2.17. The van der Waals surface area contributed by atoms with Crippen LogP contribution in [0.15, 0.2) is 27.1 Å². The summed E-state index contributed by atoms with van der Waals surface area (Å²) in [5.41, 5.74) is 5.82. The third kappa shape index (κ3) is 2.71. The van der Waals surface area contributed by atoms with E-state index in [0.29, 0.717) is 28.9 Å². The van der Waals surface area contributed by atoms with Crippen LogP contribution in [-0.2, 0) is 6.42 Å². The van der Waals surface area contributed by atoms with E-state index in [9.17, 15) is 10.1 Å². The van der Waals surface area contributed by atoms with Crippen LogP contribution < -0.4 is 5.73 Å². The summed E-state index contributed by atoms with van der Waals surface area (Å²) in [6.45, 7) is 0.403. The summed E-state index contributed by atoms with van der Waals surface area (Å²) in [6.07, 6.45) is 0.475. The number of hydrogen-bond donors (Lipinski definition) is 1. The summed E-state index contributed by atoms with van der Waals surface area (Å²) in [7, 11) is 0. The van der Waals surface area contributed by atoms with Crippen LogP contribution in [0.1, 0.15) is 5.89 Å². The lowest BCUT2D eigenvalue weighted by atomic mass is 10.2. The first-order chi connectivity index (χ1) is 8.60. The number of nitro benzene ring substituents is 1. The standard InChI is InChI=1S/C10H9BrN4O3/c11-7-3-6(4-8(5-7)15(16)17)10-14-13-9(18-10)1-2-12/h3-5H,1-2,12H2. The van der Waals surface area contributed by atoms with Gasteiger partial charge in [0.25, 0.3) is 5.69 Å². The first-order valence-corrected chi connectivity index (χ1v) is 5.87. The molecule has 2 rings (SSSR count). The predicted octanol–water partition coefficient (Wildman–Crippen LogP) is 1.91. The average molecular weight is 313 g/mol. The topological polar surface area (TPSA) is 108 Å². The number of rotatable bonds is 4. The van der Waals surface area contributed by atoms with Gasteiger partial charge in [-0.3, -0.25) is 10.1 Å². The van der Waals surface area contributed by atoms with E-state index in [4.69, 9.17) is 10.2 Å². The lowest BCUT2D eigenvalue weighted by molar-refractivity contribution is -0.384. The fraction of sp³-hybridized carbons (Fsp3) is 0.200. The highest BCUT2D eigenvalue weighted by Crippen LogP contribution is 2.27. The Hall–Kier alpha value is -1.80. The van der Waals surface area contributed by atoms with Crippen LogP contribution in [0.4, 0.5) is 5.69 Å². The summed E-state index contributed by atoms with van der Waals surface area (Å²) >= 11 is 3.20. The molecule has 0 fully saturated rings. The van der Waals surface area contributed by atoms with Gasteiger partial charge in [0.2, 0.25) is 11.8 Å². The van der Waals surface area contributed by atoms with Crippen molar-refractivity contribution in [1.29, 1.82) is 0 Å². The molecule has 2 N–H and O–H groups in total. The van der Waals surface area contributed by atoms with Crippen LogP contribution in [0.5, 0.6) is 0 Å². The molecule has 18 heavy (non-hydrogen) atoms. The average Bonchev–Trinajstić information content (AvgIpc) is 2.77. The van der Waals surface area contributed by atoms with Crippen molar-refractivity contribution >= 4 is 21.6 Å². The van der Waals surface area contributed by atoms with Crippen molar-refractivity contribution in [3.63, 3.8) is 0 Å². The maximum atomic E-state index is 10.7. The van der Waals surface area contributed by atoms with E-state index in [-0.39, 0.29) is 11.6 Å². The minimum atomic E-state index is -0.481. The minimum absolute atomic E-state index is 0.0436. The zero-order chi connectivity index (χ0) is 13.1. The highest BCUT2D eigenvalue weighted by Gasteiger charge is 2.14. The lowest BCUT2D eigenvalue weighted by Gasteiger charge is -1.97. The Morgan fingerprint density at radius 3 is 2.83 bits per heavy atom. The molecule has 0 bridgehead atoms. The van der Waals surface area contributed by atoms with E-state index >= 15 is 0 Å². The van der Waals surface area contributed by atoms with E-state index in [1.807, 2.05) is 0 Å². The largest absolute Gasteiger partial charge is 0.421 e. The molecule has 0 atom stereocenters. The molecule has 0 radical (unpaired) electrons. The predicted molar refractivity (Wildman–Crippen MR) is 66.8 cm³/mol. The molecule has 0 aliphatic heterocycles. The first-order valence-electron chi connectivity index (χ1n) is 5.08. The van der Waals surface area contributed by atoms with Gasteiger partial charge in [-0.15, -0.1) is 10.2 Å². The molecular formula is C10H9BrN4O3. The zero-order valence-electron chi connectivity index (χ0n) is 9.17. The molecule has 0 saturated carbocycles. The van der Waals surface area contributed by atoms with Gasteiger partial charge in [-0.05, 0) is 6.07 Å². The van der Waals surface area contributed by atoms with Crippen LogP contribution >= 0.6 is 15.9 Å². The number of aromatic nitrogens is 2. The highest BCUT2D eigenvalue weighted by atomic mass is 79.9. The lowest BCUT2D eigenvalue weighted by Crippen LogP contribution is -2.02. The second-order valence-electron chi connectivity index (χ2n) is 3.49. The molecule has 0 spiro atoms. The van der Waals surface area contributed by atoms with Crippen LogP contribution in [0, 0.1) is 10.1 Å². The number of nitro groups is 1. The number of nitrogens with two attached hydrogens (primary N) is 1. The minimum Gasteiger partial charge on any atom is -0.421 e. The van der Waals surface area contributed by atoms with Crippen molar-refractivity contribution in [3.8, 4) is 11.5 Å². The second-order valence-corrected chi connectivity index (χ2v) is 4.41. The van der Waals surface area contributed by atoms with Gasteiger partial charge >= 0.3 is 0 Å². The van der Waals surface area contributed by atoms with Crippen molar-refractivity contribution < 1.29 is 9.34 Å². The summed E-state index contributed by atoms with van der Waals surface area (Å²) in [5.74, 6) is 0.651. The summed E-state index contributed by atoms with van der Waals surface area (Å²) < 4.78 is 5.93. The maximum absolute atomic E-state index is 10.7. The SMILES string of the molecule is NCCc1nnc(-c2cc(Br)cc([N+](=O)[O-])c2)o1. The second kappa shape index (κ2) is 5.23. The number of non-ortho nitro benzene ring substituents is 1. The molecule has 1 aromatic heterocycles. The van der Waals surface area contributed by atoms with Crippen molar-refractivity contribution in [2.24, 2.45) is 5.73 Å². The molecule has 2 aromatic rings. The van der Waals surface area contributed by atoms with Gasteiger partial charge < -0.3 is 10.2 Å². The molecule has 8 heteroatoms. The number of nitrogens with zero attached hydrogens (tertiary/aromatic N) is 3. The Bertz CT molecular complexity index is 584. The summed E-state index contributed by atoms with van der Waals surface area (Å²) in [4.78, 5) is 10.3. The van der Waals surface area contributed by atoms with Crippen molar-refractivity contribution in [2.75, 3.05) is 6.54 Å². The number of hydrogen-bond acceptors (Lipinski definition) is 6. The summed E-state index contributed by atoms with van der Waals surface area (Å²) in [5, 5.41) is 18.4. The van der Waals surface area contributed by atoms with Gasteiger partial charge in [-0.1, -0.05) is 15.9 Å².